The molecule has 2 aromatic rings. The third kappa shape index (κ3) is 3.01. The number of aromatic nitrogens is 1. The van der Waals surface area contributed by atoms with E-state index in [0.717, 1.165) is 30.0 Å². The number of ketones is 1. The van der Waals surface area contributed by atoms with Gasteiger partial charge < -0.3 is 14.6 Å². The maximum absolute atomic E-state index is 14.0. The molecule has 0 radical (unpaired) electrons. The van der Waals surface area contributed by atoms with Crippen molar-refractivity contribution in [1.29, 1.82) is 0 Å². The molecule has 2 aliphatic heterocycles. The standard InChI is InChI=1S/C22H19ClFNO4.CH4/c1-9-5-12(28-22-13(24)7-11(23)8-25-22)6-10(2)16(9)19-20(26)17-14-3-4-15(29-14)18(17)21(19)27;/h5-8,14-15,17-18,26H,3-4H2,1-2H3;1H4/t14?,15?,17?,18-;/m0./s1. The smallest absolute Gasteiger partial charge is 0.255 e. The normalized spacial score (nSPS) is 26.7. The van der Waals surface area contributed by atoms with Crippen LogP contribution in [0.1, 0.15) is 37.0 Å². The number of ether oxygens (including phenoxy) is 2. The molecule has 0 amide bonds. The number of aliphatic hydroxyl groups excluding tert-OH is 1. The summed E-state index contributed by atoms with van der Waals surface area (Å²) in [5, 5.41) is 11.1. The minimum atomic E-state index is -0.661. The van der Waals surface area contributed by atoms with Crippen LogP contribution in [0.3, 0.4) is 0 Å². The van der Waals surface area contributed by atoms with Crippen LogP contribution < -0.4 is 4.74 Å². The van der Waals surface area contributed by atoms with E-state index in [1.54, 1.807) is 12.1 Å². The first-order chi connectivity index (χ1) is 13.8. The average molecular weight is 432 g/mol. The second-order valence-electron chi connectivity index (χ2n) is 7.94. The number of carbonyl (C=O) groups excluding carboxylic acids is 1. The van der Waals surface area contributed by atoms with Gasteiger partial charge in [0.15, 0.2) is 11.6 Å². The third-order valence-electron chi connectivity index (χ3n) is 6.14. The van der Waals surface area contributed by atoms with Crippen molar-refractivity contribution in [2.24, 2.45) is 11.8 Å². The van der Waals surface area contributed by atoms with Gasteiger partial charge in [-0.25, -0.2) is 9.37 Å². The molecule has 30 heavy (non-hydrogen) atoms. The predicted octanol–water partition coefficient (Wildman–Crippen LogP) is 5.56. The topological polar surface area (TPSA) is 68.7 Å². The summed E-state index contributed by atoms with van der Waals surface area (Å²) in [5.41, 5.74) is 2.62. The number of fused-ring (bicyclic) bond motifs is 5. The summed E-state index contributed by atoms with van der Waals surface area (Å²) in [6.45, 7) is 3.68. The van der Waals surface area contributed by atoms with E-state index in [1.807, 2.05) is 13.8 Å². The lowest BCUT2D eigenvalue weighted by Crippen LogP contribution is -2.29. The molecule has 0 spiro atoms. The van der Waals surface area contributed by atoms with Crippen molar-refractivity contribution in [3.8, 4) is 11.6 Å². The Balaban J connectivity index is 0.00000218. The van der Waals surface area contributed by atoms with E-state index >= 15 is 0 Å². The van der Waals surface area contributed by atoms with Gasteiger partial charge in [-0.3, -0.25) is 4.79 Å². The Labute approximate surface area is 179 Å². The van der Waals surface area contributed by atoms with Crippen molar-refractivity contribution < 1.29 is 23.8 Å². The molecule has 3 heterocycles. The Morgan fingerprint density at radius 2 is 1.80 bits per heavy atom. The molecule has 3 aliphatic rings. The van der Waals surface area contributed by atoms with Crippen LogP contribution in [-0.2, 0) is 9.53 Å². The quantitative estimate of drug-likeness (QED) is 0.688. The van der Waals surface area contributed by atoms with Crippen molar-refractivity contribution in [3.05, 3.63) is 57.7 Å². The van der Waals surface area contributed by atoms with Crippen LogP contribution in [0.25, 0.3) is 5.57 Å². The fourth-order valence-corrected chi connectivity index (χ4v) is 5.18. The van der Waals surface area contributed by atoms with Crippen LogP contribution in [-0.4, -0.2) is 28.1 Å². The molecule has 1 aromatic heterocycles. The van der Waals surface area contributed by atoms with E-state index in [9.17, 15) is 14.3 Å². The highest BCUT2D eigenvalue weighted by Gasteiger charge is 2.59. The molecule has 2 bridgehead atoms. The number of allylic oxidation sites excluding steroid dienone is 1. The summed E-state index contributed by atoms with van der Waals surface area (Å²) in [4.78, 5) is 17.0. The number of aryl methyl sites for hydroxylation is 2. The first-order valence-corrected chi connectivity index (χ1v) is 9.96. The van der Waals surface area contributed by atoms with Gasteiger partial charge in [0.2, 0.25) is 0 Å². The Hall–Kier alpha value is -2.44. The summed E-state index contributed by atoms with van der Waals surface area (Å²) >= 11 is 5.73. The van der Waals surface area contributed by atoms with Crippen molar-refractivity contribution in [1.82, 2.24) is 4.98 Å². The van der Waals surface area contributed by atoms with E-state index in [4.69, 9.17) is 21.1 Å². The van der Waals surface area contributed by atoms with Gasteiger partial charge in [0.1, 0.15) is 11.5 Å². The van der Waals surface area contributed by atoms with E-state index in [0.29, 0.717) is 16.9 Å². The van der Waals surface area contributed by atoms with Gasteiger partial charge in [0.25, 0.3) is 5.88 Å². The van der Waals surface area contributed by atoms with E-state index in [-0.39, 0.29) is 53.9 Å². The van der Waals surface area contributed by atoms with Crippen LogP contribution in [0.4, 0.5) is 4.39 Å². The third-order valence-corrected chi connectivity index (χ3v) is 6.35. The number of benzene rings is 1. The van der Waals surface area contributed by atoms with Gasteiger partial charge >= 0.3 is 0 Å². The molecule has 7 heteroatoms. The fraction of sp³-hybridized carbons (Fsp3) is 0.391. The largest absolute Gasteiger partial charge is 0.511 e. The lowest BCUT2D eigenvalue weighted by atomic mass is 9.80. The average Bonchev–Trinajstić information content (AvgIpc) is 3.33. The van der Waals surface area contributed by atoms with Gasteiger partial charge in [-0.1, -0.05) is 19.0 Å². The summed E-state index contributed by atoms with van der Waals surface area (Å²) in [7, 11) is 0. The summed E-state index contributed by atoms with van der Waals surface area (Å²) in [6, 6.07) is 4.56. The molecular formula is C23H23ClFNO4. The van der Waals surface area contributed by atoms with Gasteiger partial charge in [0, 0.05) is 6.20 Å². The number of nitrogens with zero attached hydrogens (tertiary/aromatic N) is 1. The number of halogens is 2. The molecule has 1 N–H and O–H groups in total. The number of rotatable bonds is 3. The molecule has 158 valence electrons. The van der Waals surface area contributed by atoms with Crippen LogP contribution >= 0.6 is 11.6 Å². The molecule has 1 aromatic carbocycles. The van der Waals surface area contributed by atoms with E-state index in [2.05, 4.69) is 4.98 Å². The predicted molar refractivity (Wildman–Crippen MR) is 111 cm³/mol. The highest BCUT2D eigenvalue weighted by atomic mass is 35.5. The zero-order valence-electron chi connectivity index (χ0n) is 15.9. The van der Waals surface area contributed by atoms with Crippen molar-refractivity contribution in [2.75, 3.05) is 0 Å². The van der Waals surface area contributed by atoms with Crippen LogP contribution in [0, 0.1) is 31.5 Å². The maximum Gasteiger partial charge on any atom is 0.255 e. The van der Waals surface area contributed by atoms with Gasteiger partial charge in [-0.15, -0.1) is 0 Å². The molecule has 2 saturated heterocycles. The molecule has 5 nitrogen and oxygen atoms in total. The van der Waals surface area contributed by atoms with Crippen molar-refractivity contribution in [2.45, 2.75) is 46.3 Å². The zero-order chi connectivity index (χ0) is 20.4. The molecule has 1 aliphatic carbocycles. The number of hydrogen-bond acceptors (Lipinski definition) is 5. The highest BCUT2D eigenvalue weighted by molar-refractivity contribution is 6.30. The van der Waals surface area contributed by atoms with Crippen LogP contribution in [0.2, 0.25) is 5.02 Å². The van der Waals surface area contributed by atoms with Crippen LogP contribution in [0.15, 0.2) is 30.2 Å². The Morgan fingerprint density at radius 1 is 1.17 bits per heavy atom. The molecule has 2 fully saturated rings. The monoisotopic (exact) mass is 431 g/mol. The van der Waals surface area contributed by atoms with Gasteiger partial charge in [0.05, 0.1) is 34.6 Å². The van der Waals surface area contributed by atoms with Crippen molar-refractivity contribution in [3.63, 3.8) is 0 Å². The second kappa shape index (κ2) is 7.36. The molecule has 3 unspecified atom stereocenters. The fourth-order valence-electron chi connectivity index (χ4n) is 5.03. The second-order valence-corrected chi connectivity index (χ2v) is 8.38. The highest BCUT2D eigenvalue weighted by Crippen LogP contribution is 2.54. The Kier molecular flexibility index (Phi) is 5.11. The maximum atomic E-state index is 14.0. The molecule has 4 atom stereocenters. The van der Waals surface area contributed by atoms with E-state index in [1.165, 1.54) is 6.20 Å². The van der Waals surface area contributed by atoms with E-state index < -0.39 is 5.82 Å². The van der Waals surface area contributed by atoms with Gasteiger partial charge in [-0.05, 0) is 61.6 Å². The number of carbonyl (C=O) groups is 1. The first kappa shape index (κ1) is 20.8. The SMILES string of the molecule is C.Cc1cc(Oc2ncc(Cl)cc2F)cc(C)c1C1=C(O)C2C3CCC(O3)[C@@H]2C1=O. The minimum absolute atomic E-state index is 0. The number of hydrogen-bond donors (Lipinski definition) is 1. The first-order valence-electron chi connectivity index (χ1n) is 9.58. The lowest BCUT2D eigenvalue weighted by Gasteiger charge is -2.19. The Bertz CT molecular complexity index is 1060. The summed E-state index contributed by atoms with van der Waals surface area (Å²) in [5.74, 6) is -0.882. The number of pyridine rings is 1. The van der Waals surface area contributed by atoms with Crippen molar-refractivity contribution >= 4 is 23.0 Å². The van der Waals surface area contributed by atoms with Crippen LogP contribution in [0.5, 0.6) is 11.6 Å². The zero-order valence-corrected chi connectivity index (χ0v) is 16.7. The molecule has 0 saturated carbocycles. The number of aliphatic hydroxyl groups is 1. The Morgan fingerprint density at radius 3 is 2.40 bits per heavy atom. The van der Waals surface area contributed by atoms with Gasteiger partial charge in [-0.2, -0.15) is 0 Å². The summed E-state index contributed by atoms with van der Waals surface area (Å²) < 4.78 is 25.4. The summed E-state index contributed by atoms with van der Waals surface area (Å²) in [6.07, 6.45) is 2.88. The number of Topliss-reactive ketones (excluding diaryl/α,β-unsaturated/α-hetero) is 1. The lowest BCUT2D eigenvalue weighted by molar-refractivity contribution is -0.118. The molecular weight excluding hydrogens is 409 g/mol. The minimum Gasteiger partial charge on any atom is -0.511 e. The molecule has 5 rings (SSSR count).